The normalized spacial score (nSPS) is 13.2. The molecule has 128 valence electrons. The average Bonchev–Trinajstić information content (AvgIpc) is 2.90. The van der Waals surface area contributed by atoms with Gasteiger partial charge in [-0.05, 0) is 52.0 Å². The van der Waals surface area contributed by atoms with E-state index in [4.69, 9.17) is 9.47 Å². The van der Waals surface area contributed by atoms with Crippen LogP contribution in [0.2, 0.25) is 0 Å². The predicted molar refractivity (Wildman–Crippen MR) is 94.5 cm³/mol. The number of ether oxygens (including phenoxy) is 2. The van der Waals surface area contributed by atoms with Crippen molar-refractivity contribution in [2.24, 2.45) is 5.92 Å². The van der Waals surface area contributed by atoms with Crippen molar-refractivity contribution in [3.05, 3.63) is 29.8 Å². The number of allylic oxidation sites excluding steroid dienone is 1. The van der Waals surface area contributed by atoms with Crippen LogP contribution in [0.3, 0.4) is 0 Å². The standard InChI is InChI=1S/C17H24N2O3.ClH/c1-18(2)10-14(11-19(3)4)15(20)7-5-13-6-8-16-17(9-13)22-12-21-16;/h5-9,14H,10-12H2,1-4H3;1H/b7-5+;. The maximum Gasteiger partial charge on any atom is 0.231 e. The molecule has 0 N–H and O–H groups in total. The summed E-state index contributed by atoms with van der Waals surface area (Å²) < 4.78 is 10.6. The van der Waals surface area contributed by atoms with Crippen molar-refractivity contribution < 1.29 is 14.3 Å². The Morgan fingerprint density at radius 1 is 1.13 bits per heavy atom. The molecule has 0 aromatic heterocycles. The fraction of sp³-hybridized carbons (Fsp3) is 0.471. The number of nitrogens with zero attached hydrogens (tertiary/aromatic N) is 2. The predicted octanol–water partition coefficient (Wildman–Crippen LogP) is 2.16. The van der Waals surface area contributed by atoms with E-state index in [2.05, 4.69) is 0 Å². The molecular weight excluding hydrogens is 316 g/mol. The van der Waals surface area contributed by atoms with Crippen LogP contribution in [0, 0.1) is 5.92 Å². The lowest BCUT2D eigenvalue weighted by Crippen LogP contribution is -2.34. The zero-order valence-electron chi connectivity index (χ0n) is 14.1. The number of hydrogen-bond donors (Lipinski definition) is 0. The highest BCUT2D eigenvalue weighted by atomic mass is 35.5. The van der Waals surface area contributed by atoms with Gasteiger partial charge in [0, 0.05) is 19.0 Å². The Balaban J connectivity index is 0.00000264. The van der Waals surface area contributed by atoms with Gasteiger partial charge < -0.3 is 19.3 Å². The molecule has 1 aromatic carbocycles. The zero-order valence-corrected chi connectivity index (χ0v) is 14.9. The van der Waals surface area contributed by atoms with Gasteiger partial charge in [-0.1, -0.05) is 12.1 Å². The van der Waals surface area contributed by atoms with Crippen molar-refractivity contribution in [3.63, 3.8) is 0 Å². The first kappa shape index (κ1) is 19.5. The van der Waals surface area contributed by atoms with Crippen molar-refractivity contribution in [1.82, 2.24) is 9.80 Å². The molecule has 0 saturated carbocycles. The van der Waals surface area contributed by atoms with E-state index in [9.17, 15) is 4.79 Å². The molecule has 6 heteroatoms. The van der Waals surface area contributed by atoms with Crippen LogP contribution in [0.1, 0.15) is 5.56 Å². The molecule has 1 aliphatic heterocycles. The molecule has 0 fully saturated rings. The largest absolute Gasteiger partial charge is 0.454 e. The van der Waals surface area contributed by atoms with Gasteiger partial charge in [-0.3, -0.25) is 4.79 Å². The second-order valence-corrected chi connectivity index (χ2v) is 6.07. The zero-order chi connectivity index (χ0) is 16.1. The second kappa shape index (κ2) is 8.91. The summed E-state index contributed by atoms with van der Waals surface area (Å²) in [6.07, 6.45) is 3.50. The van der Waals surface area contributed by atoms with Crippen molar-refractivity contribution in [2.45, 2.75) is 0 Å². The second-order valence-electron chi connectivity index (χ2n) is 6.07. The molecule has 0 atom stereocenters. The summed E-state index contributed by atoms with van der Waals surface area (Å²) in [5.41, 5.74) is 0.936. The highest BCUT2D eigenvalue weighted by Crippen LogP contribution is 2.32. The van der Waals surface area contributed by atoms with E-state index >= 15 is 0 Å². The van der Waals surface area contributed by atoms with Gasteiger partial charge in [0.25, 0.3) is 0 Å². The number of fused-ring (bicyclic) bond motifs is 1. The van der Waals surface area contributed by atoms with Gasteiger partial charge in [0.15, 0.2) is 17.3 Å². The molecular formula is C17H25ClN2O3. The minimum Gasteiger partial charge on any atom is -0.454 e. The van der Waals surface area contributed by atoms with Gasteiger partial charge in [-0.2, -0.15) is 0 Å². The molecule has 1 aliphatic rings. The quantitative estimate of drug-likeness (QED) is 0.711. The summed E-state index contributed by atoms with van der Waals surface area (Å²) in [7, 11) is 7.93. The van der Waals surface area contributed by atoms with Crippen molar-refractivity contribution in [1.29, 1.82) is 0 Å². The van der Waals surface area contributed by atoms with Crippen molar-refractivity contribution >= 4 is 24.3 Å². The Morgan fingerprint density at radius 2 is 1.74 bits per heavy atom. The van der Waals surface area contributed by atoms with E-state index in [1.165, 1.54) is 0 Å². The number of rotatable bonds is 7. The highest BCUT2D eigenvalue weighted by Gasteiger charge is 2.18. The maximum absolute atomic E-state index is 12.4. The van der Waals surface area contributed by atoms with Crippen LogP contribution in [0.25, 0.3) is 6.08 Å². The molecule has 1 heterocycles. The Hall–Kier alpha value is -1.56. The highest BCUT2D eigenvalue weighted by molar-refractivity contribution is 5.95. The minimum atomic E-state index is -0.0322. The molecule has 1 aromatic rings. The summed E-state index contributed by atoms with van der Waals surface area (Å²) in [4.78, 5) is 16.5. The maximum atomic E-state index is 12.4. The number of carbonyl (C=O) groups excluding carboxylic acids is 1. The van der Waals surface area contributed by atoms with Crippen molar-refractivity contribution in [2.75, 3.05) is 48.1 Å². The lowest BCUT2D eigenvalue weighted by molar-refractivity contribution is -0.119. The molecule has 0 aliphatic carbocycles. The van der Waals surface area contributed by atoms with Gasteiger partial charge in [0.1, 0.15) is 0 Å². The van der Waals surface area contributed by atoms with Crippen LogP contribution >= 0.6 is 12.4 Å². The molecule has 0 radical (unpaired) electrons. The third kappa shape index (κ3) is 5.86. The van der Waals surface area contributed by atoms with Crippen LogP contribution in [-0.4, -0.2) is 63.7 Å². The molecule has 2 rings (SSSR count). The van der Waals surface area contributed by atoms with Crippen LogP contribution in [0.5, 0.6) is 11.5 Å². The van der Waals surface area contributed by atoms with Gasteiger partial charge >= 0.3 is 0 Å². The van der Waals surface area contributed by atoms with Gasteiger partial charge in [0.05, 0.1) is 0 Å². The van der Waals surface area contributed by atoms with Crippen LogP contribution in [0.15, 0.2) is 24.3 Å². The summed E-state index contributed by atoms with van der Waals surface area (Å²) in [6.45, 7) is 1.74. The lowest BCUT2D eigenvalue weighted by Gasteiger charge is -2.22. The van der Waals surface area contributed by atoms with Crippen LogP contribution in [-0.2, 0) is 4.79 Å². The monoisotopic (exact) mass is 340 g/mol. The number of ketones is 1. The number of carbonyl (C=O) groups is 1. The average molecular weight is 341 g/mol. The molecule has 0 unspecified atom stereocenters. The molecule has 0 amide bonds. The van der Waals surface area contributed by atoms with Crippen LogP contribution < -0.4 is 9.47 Å². The Morgan fingerprint density at radius 3 is 2.35 bits per heavy atom. The lowest BCUT2D eigenvalue weighted by atomic mass is 10.0. The smallest absolute Gasteiger partial charge is 0.231 e. The summed E-state index contributed by atoms with van der Waals surface area (Å²) in [6, 6.07) is 5.67. The summed E-state index contributed by atoms with van der Waals surface area (Å²) in [5, 5.41) is 0. The Bertz CT molecular complexity index is 549. The molecule has 0 saturated heterocycles. The topological polar surface area (TPSA) is 42.0 Å². The fourth-order valence-corrected chi connectivity index (χ4v) is 2.45. The van der Waals surface area contributed by atoms with E-state index in [0.717, 1.165) is 30.2 Å². The van der Waals surface area contributed by atoms with E-state index in [0.29, 0.717) is 0 Å². The number of halogens is 1. The van der Waals surface area contributed by atoms with Crippen molar-refractivity contribution in [3.8, 4) is 11.5 Å². The Labute approximate surface area is 144 Å². The third-order valence-corrected chi connectivity index (χ3v) is 3.41. The van der Waals surface area contributed by atoms with Gasteiger partial charge in [0.2, 0.25) is 6.79 Å². The summed E-state index contributed by atoms with van der Waals surface area (Å²) in [5.74, 6) is 1.59. The molecule has 0 bridgehead atoms. The minimum absolute atomic E-state index is 0. The molecule has 0 spiro atoms. The van der Waals surface area contributed by atoms with Gasteiger partial charge in [-0.25, -0.2) is 0 Å². The first-order valence-electron chi connectivity index (χ1n) is 7.36. The first-order valence-corrected chi connectivity index (χ1v) is 7.36. The first-order chi connectivity index (χ1) is 10.5. The Kier molecular flexibility index (Phi) is 7.55. The van der Waals surface area contributed by atoms with Crippen LogP contribution in [0.4, 0.5) is 0 Å². The molecule has 23 heavy (non-hydrogen) atoms. The van der Waals surface area contributed by atoms with E-state index in [1.54, 1.807) is 6.08 Å². The third-order valence-electron chi connectivity index (χ3n) is 3.41. The number of benzene rings is 1. The van der Waals surface area contributed by atoms with E-state index in [-0.39, 0.29) is 30.9 Å². The summed E-state index contributed by atoms with van der Waals surface area (Å²) >= 11 is 0. The van der Waals surface area contributed by atoms with E-state index < -0.39 is 0 Å². The fourth-order valence-electron chi connectivity index (χ4n) is 2.45. The van der Waals surface area contributed by atoms with E-state index in [1.807, 2.05) is 62.3 Å². The van der Waals surface area contributed by atoms with Gasteiger partial charge in [-0.15, -0.1) is 12.4 Å². The SMILES string of the molecule is CN(C)CC(CN(C)C)C(=O)/C=C/c1ccc2c(c1)OCO2.Cl. The number of hydrogen-bond acceptors (Lipinski definition) is 5. The molecule has 5 nitrogen and oxygen atoms in total.